The molecule has 0 radical (unpaired) electrons. The fraction of sp³-hybridized carbons (Fsp3) is 0.136. The molecule has 12 heteroatoms. The van der Waals surface area contributed by atoms with Gasteiger partial charge in [-0.25, -0.2) is 15.0 Å². The summed E-state index contributed by atoms with van der Waals surface area (Å²) in [6.45, 7) is 1.23. The summed E-state index contributed by atoms with van der Waals surface area (Å²) >= 11 is 4.77. The van der Waals surface area contributed by atoms with Crippen LogP contribution in [0.15, 0.2) is 61.4 Å². The molecule has 3 aromatic heterocycles. The number of rotatable bonds is 6. The molecule has 0 atom stereocenters. The van der Waals surface area contributed by atoms with E-state index in [9.17, 15) is 13.6 Å². The Balaban J connectivity index is 1.40. The normalized spacial score (nSPS) is 13.0. The molecule has 9 nitrogen and oxygen atoms in total. The lowest BCUT2D eigenvalue weighted by Gasteiger charge is -2.20. The number of anilines is 2. The Morgan fingerprint density at radius 3 is 2.59 bits per heavy atom. The lowest BCUT2D eigenvalue weighted by Crippen LogP contribution is -2.19. The monoisotopic (exact) mass is 483 g/mol. The zero-order valence-corrected chi connectivity index (χ0v) is 18.1. The van der Waals surface area contributed by atoms with Crippen molar-refractivity contribution in [3.63, 3.8) is 0 Å². The van der Waals surface area contributed by atoms with Crippen molar-refractivity contribution in [1.29, 1.82) is 0 Å². The summed E-state index contributed by atoms with van der Waals surface area (Å²) in [6, 6.07) is 7.12. The van der Waals surface area contributed by atoms with Gasteiger partial charge in [-0.3, -0.25) is 9.89 Å². The largest absolute Gasteiger partial charge is 0.487 e. The number of hydrogen-bond acceptors (Lipinski definition) is 7. The predicted octanol–water partition coefficient (Wildman–Crippen LogP) is 4.20. The van der Waals surface area contributed by atoms with Gasteiger partial charge < -0.3 is 15.0 Å². The van der Waals surface area contributed by atoms with E-state index in [-0.39, 0.29) is 5.75 Å². The average molecular weight is 484 g/mol. The lowest BCUT2D eigenvalue weighted by molar-refractivity contribution is -0.0964. The molecule has 0 saturated heterocycles. The van der Waals surface area contributed by atoms with Crippen LogP contribution in [0.25, 0.3) is 11.1 Å². The van der Waals surface area contributed by atoms with E-state index in [1.54, 1.807) is 24.7 Å². The van der Waals surface area contributed by atoms with Gasteiger partial charge in [0.15, 0.2) is 0 Å². The summed E-state index contributed by atoms with van der Waals surface area (Å²) in [5.41, 5.74) is 0.362. The topological polar surface area (TPSA) is 109 Å². The van der Waals surface area contributed by atoms with Gasteiger partial charge in [0.2, 0.25) is 0 Å². The average Bonchev–Trinajstić information content (AvgIpc) is 3.42. The van der Waals surface area contributed by atoms with Gasteiger partial charge >= 0.3 is 5.57 Å². The van der Waals surface area contributed by atoms with Crippen molar-refractivity contribution >= 4 is 29.0 Å². The number of carbonyl (C=O) groups is 1. The fourth-order valence-electron chi connectivity index (χ4n) is 3.64. The molecule has 1 aliphatic rings. The molecular weight excluding hydrogens is 468 g/mol. The summed E-state index contributed by atoms with van der Waals surface area (Å²) in [5.74, 6) is 0.116. The Morgan fingerprint density at radius 1 is 1.12 bits per heavy atom. The number of nitrogens with zero attached hydrogens (tertiary/aromatic N) is 5. The molecule has 2 N–H and O–H groups in total. The molecule has 172 valence electrons. The predicted molar refractivity (Wildman–Crippen MR) is 120 cm³/mol. The number of H-pyrrole nitrogens is 1. The molecular formula is C22H16ClF2N7O2. The van der Waals surface area contributed by atoms with Crippen LogP contribution in [-0.4, -0.2) is 36.6 Å². The minimum absolute atomic E-state index is 0.138. The van der Waals surface area contributed by atoms with E-state index in [1.807, 2.05) is 0 Å². The minimum atomic E-state index is -3.82. The van der Waals surface area contributed by atoms with Gasteiger partial charge in [-0.15, -0.1) is 8.78 Å². The SMILES string of the molecule is O=C(Nc1ccc(OC(F)(F)Cl)cc1)c1cnc(N2Cc3cn[nH]c3C2)c(-c2cncnc2)c1. The summed E-state index contributed by atoms with van der Waals surface area (Å²) < 4.78 is 29.8. The molecule has 0 saturated carbocycles. The number of hydrogen-bond donors (Lipinski definition) is 2. The highest BCUT2D eigenvalue weighted by Crippen LogP contribution is 2.34. The Kier molecular flexibility index (Phi) is 5.54. The van der Waals surface area contributed by atoms with E-state index in [4.69, 9.17) is 11.6 Å². The molecule has 1 aliphatic heterocycles. The van der Waals surface area contributed by atoms with Crippen molar-refractivity contribution in [2.45, 2.75) is 18.7 Å². The van der Waals surface area contributed by atoms with Gasteiger partial charge in [-0.05, 0) is 30.3 Å². The molecule has 1 aromatic carbocycles. The van der Waals surface area contributed by atoms with Crippen LogP contribution in [0.5, 0.6) is 5.75 Å². The van der Waals surface area contributed by atoms with Crippen LogP contribution in [0, 0.1) is 0 Å². The van der Waals surface area contributed by atoms with Crippen LogP contribution >= 0.6 is 11.6 Å². The molecule has 0 spiro atoms. The molecule has 4 aromatic rings. The quantitative estimate of drug-likeness (QED) is 0.395. The second-order valence-electron chi connectivity index (χ2n) is 7.48. The molecule has 1 amide bonds. The number of carbonyl (C=O) groups excluding carboxylic acids is 1. The first-order valence-electron chi connectivity index (χ1n) is 10.0. The van der Waals surface area contributed by atoms with Gasteiger partial charge in [0, 0.05) is 59.1 Å². The third-order valence-electron chi connectivity index (χ3n) is 5.16. The van der Waals surface area contributed by atoms with Crippen LogP contribution in [-0.2, 0) is 13.1 Å². The summed E-state index contributed by atoms with van der Waals surface area (Å²) in [5, 5.41) is 9.75. The Labute approximate surface area is 196 Å². The van der Waals surface area contributed by atoms with Crippen LogP contribution in [0.1, 0.15) is 21.6 Å². The third kappa shape index (κ3) is 4.64. The molecule has 34 heavy (non-hydrogen) atoms. The maximum absolute atomic E-state index is 12.9. The molecule has 0 bridgehead atoms. The number of aromatic nitrogens is 5. The minimum Gasteiger partial charge on any atom is -0.420 e. The van der Waals surface area contributed by atoms with E-state index in [2.05, 4.69) is 40.1 Å². The van der Waals surface area contributed by atoms with Crippen molar-refractivity contribution in [3.8, 4) is 16.9 Å². The van der Waals surface area contributed by atoms with Gasteiger partial charge in [-0.2, -0.15) is 5.10 Å². The first kappa shape index (κ1) is 21.7. The second kappa shape index (κ2) is 8.67. The number of amides is 1. The van der Waals surface area contributed by atoms with Crippen LogP contribution in [0.2, 0.25) is 0 Å². The van der Waals surface area contributed by atoms with Gasteiger partial charge in [0.1, 0.15) is 17.9 Å². The van der Waals surface area contributed by atoms with Crippen molar-refractivity contribution < 1.29 is 18.3 Å². The van der Waals surface area contributed by atoms with Crippen LogP contribution in [0.4, 0.5) is 20.3 Å². The number of ether oxygens (including phenoxy) is 1. The smallest absolute Gasteiger partial charge is 0.420 e. The highest BCUT2D eigenvalue weighted by Gasteiger charge is 2.28. The molecule has 0 aliphatic carbocycles. The Hall–Kier alpha value is -4.12. The molecule has 0 unspecified atom stereocenters. The lowest BCUT2D eigenvalue weighted by atomic mass is 10.1. The number of aromatic amines is 1. The van der Waals surface area contributed by atoms with E-state index >= 15 is 0 Å². The van der Waals surface area contributed by atoms with E-state index < -0.39 is 11.5 Å². The second-order valence-corrected chi connectivity index (χ2v) is 7.92. The van der Waals surface area contributed by atoms with Crippen LogP contribution in [0.3, 0.4) is 0 Å². The highest BCUT2D eigenvalue weighted by atomic mass is 35.5. The van der Waals surface area contributed by atoms with Gasteiger partial charge in [0.25, 0.3) is 5.91 Å². The zero-order chi connectivity index (χ0) is 23.7. The number of nitrogens with one attached hydrogen (secondary N) is 2. The molecule has 5 rings (SSSR count). The van der Waals surface area contributed by atoms with Crippen LogP contribution < -0.4 is 15.0 Å². The Bertz CT molecular complexity index is 1310. The van der Waals surface area contributed by atoms with Gasteiger partial charge in [0.05, 0.1) is 24.0 Å². The van der Waals surface area contributed by atoms with Crippen molar-refractivity contribution in [1.82, 2.24) is 25.1 Å². The summed E-state index contributed by atoms with van der Waals surface area (Å²) in [7, 11) is 0. The fourth-order valence-corrected chi connectivity index (χ4v) is 3.73. The molecule has 0 fully saturated rings. The van der Waals surface area contributed by atoms with E-state index in [1.165, 1.54) is 36.8 Å². The highest BCUT2D eigenvalue weighted by molar-refractivity contribution is 6.20. The number of fused-ring (bicyclic) bond motifs is 1. The van der Waals surface area contributed by atoms with E-state index in [0.29, 0.717) is 41.3 Å². The third-order valence-corrected chi connectivity index (χ3v) is 5.24. The summed E-state index contributed by atoms with van der Waals surface area (Å²) in [4.78, 5) is 27.7. The van der Waals surface area contributed by atoms with E-state index in [0.717, 1.165) is 11.3 Å². The first-order valence-corrected chi connectivity index (χ1v) is 10.4. The summed E-state index contributed by atoms with van der Waals surface area (Å²) in [6.07, 6.45) is 7.99. The van der Waals surface area contributed by atoms with Crippen molar-refractivity contribution in [2.75, 3.05) is 10.2 Å². The first-order chi connectivity index (χ1) is 16.4. The maximum Gasteiger partial charge on any atom is 0.487 e. The van der Waals surface area contributed by atoms with Gasteiger partial charge in [-0.1, -0.05) is 0 Å². The van der Waals surface area contributed by atoms with Crippen molar-refractivity contribution in [3.05, 3.63) is 78.3 Å². The maximum atomic E-state index is 12.9. The number of benzene rings is 1. The standard InChI is InChI=1S/C22H16ClF2N7O2/c23-22(24,25)34-17-3-1-16(2-4-17)30-21(33)13-5-18(14-6-26-12-27-7-14)20(28-8-13)32-10-15-9-29-31-19(15)11-32/h1-9,12H,10-11H2,(H,29,31)(H,30,33). The number of halogens is 3. The Morgan fingerprint density at radius 2 is 1.88 bits per heavy atom. The number of alkyl halides is 3. The van der Waals surface area contributed by atoms with Crippen molar-refractivity contribution in [2.24, 2.45) is 0 Å². The molecule has 4 heterocycles. The number of pyridine rings is 1. The zero-order valence-electron chi connectivity index (χ0n) is 17.4.